The van der Waals surface area contributed by atoms with Crippen LogP contribution in [0.3, 0.4) is 0 Å². The lowest BCUT2D eigenvalue weighted by atomic mass is 9.98. The molecule has 1 aromatic rings. The summed E-state index contributed by atoms with van der Waals surface area (Å²) in [4.78, 5) is 24.9. The number of nitrogens with zero attached hydrogens (tertiary/aromatic N) is 4. The number of aromatic nitrogens is 2. The zero-order chi connectivity index (χ0) is 16.7. The summed E-state index contributed by atoms with van der Waals surface area (Å²) in [6.07, 6.45) is 2.49. The van der Waals surface area contributed by atoms with Gasteiger partial charge in [-0.2, -0.15) is 5.10 Å². The van der Waals surface area contributed by atoms with E-state index in [1.54, 1.807) is 18.5 Å². The minimum absolute atomic E-state index is 0. The fraction of sp³-hybridized carbons (Fsp3) is 0.733. The normalized spacial score (nSPS) is 25.5. The maximum atomic E-state index is 12.4. The maximum Gasteiger partial charge on any atom is 0.312 e. The van der Waals surface area contributed by atoms with Crippen LogP contribution >= 0.6 is 12.4 Å². The topological polar surface area (TPSA) is 107 Å². The van der Waals surface area contributed by atoms with E-state index in [4.69, 9.17) is 5.73 Å². The van der Waals surface area contributed by atoms with E-state index in [9.17, 15) is 14.9 Å². The molecule has 8 nitrogen and oxygen atoms in total. The van der Waals surface area contributed by atoms with E-state index in [1.807, 2.05) is 4.90 Å². The molecule has 1 aromatic heterocycles. The van der Waals surface area contributed by atoms with Gasteiger partial charge in [-0.25, -0.2) is 0 Å². The van der Waals surface area contributed by atoms with Gasteiger partial charge in [-0.05, 0) is 38.5 Å². The molecule has 9 heteroatoms. The first-order chi connectivity index (χ1) is 10.9. The van der Waals surface area contributed by atoms with Crippen LogP contribution in [-0.4, -0.2) is 44.6 Å². The Morgan fingerprint density at radius 2 is 2.08 bits per heavy atom. The molecule has 24 heavy (non-hydrogen) atoms. The van der Waals surface area contributed by atoms with Crippen LogP contribution in [0.1, 0.15) is 30.7 Å². The largest absolute Gasteiger partial charge is 0.342 e. The van der Waals surface area contributed by atoms with Gasteiger partial charge in [-0.3, -0.25) is 19.6 Å². The van der Waals surface area contributed by atoms with Crippen molar-refractivity contribution >= 4 is 24.0 Å². The molecule has 2 fully saturated rings. The SMILES string of the molecule is Cc1nn(CCC(=O)N2CC3CCC(N)C3C2)c(C)c1[N+](=O)[O-].Cl. The molecule has 1 saturated heterocycles. The highest BCUT2D eigenvalue weighted by Crippen LogP contribution is 2.37. The highest BCUT2D eigenvalue weighted by molar-refractivity contribution is 5.85. The second-order valence-electron chi connectivity index (χ2n) is 6.71. The van der Waals surface area contributed by atoms with E-state index < -0.39 is 4.92 Å². The molecule has 1 amide bonds. The number of hydrogen-bond acceptors (Lipinski definition) is 5. The summed E-state index contributed by atoms with van der Waals surface area (Å²) in [5.74, 6) is 1.07. The molecule has 2 aliphatic rings. The van der Waals surface area contributed by atoms with Crippen LogP contribution in [0.15, 0.2) is 0 Å². The Morgan fingerprint density at radius 3 is 2.67 bits per heavy atom. The predicted molar refractivity (Wildman–Crippen MR) is 91.0 cm³/mol. The van der Waals surface area contributed by atoms with Crippen molar-refractivity contribution in [1.29, 1.82) is 0 Å². The van der Waals surface area contributed by atoms with Crippen molar-refractivity contribution in [2.75, 3.05) is 13.1 Å². The number of aryl methyl sites for hydroxylation is 2. The Balaban J connectivity index is 0.00000208. The third kappa shape index (κ3) is 3.25. The molecule has 134 valence electrons. The summed E-state index contributed by atoms with van der Waals surface area (Å²) in [5, 5.41) is 15.2. The Morgan fingerprint density at radius 1 is 1.38 bits per heavy atom. The first kappa shape index (κ1) is 18.7. The number of nitrogens with two attached hydrogens (primary N) is 1. The summed E-state index contributed by atoms with van der Waals surface area (Å²) in [7, 11) is 0. The predicted octanol–water partition coefficient (Wildman–Crippen LogP) is 1.42. The molecule has 2 heterocycles. The van der Waals surface area contributed by atoms with Crippen LogP contribution in [0.5, 0.6) is 0 Å². The monoisotopic (exact) mass is 357 g/mol. The number of carbonyl (C=O) groups is 1. The fourth-order valence-corrected chi connectivity index (χ4v) is 4.04. The Hall–Kier alpha value is -1.67. The van der Waals surface area contributed by atoms with Crippen molar-refractivity contribution in [3.05, 3.63) is 21.5 Å². The number of fused-ring (bicyclic) bond motifs is 1. The lowest BCUT2D eigenvalue weighted by Crippen LogP contribution is -2.33. The van der Waals surface area contributed by atoms with Gasteiger partial charge in [-0.15, -0.1) is 12.4 Å². The minimum Gasteiger partial charge on any atom is -0.342 e. The van der Waals surface area contributed by atoms with E-state index in [1.165, 1.54) is 0 Å². The van der Waals surface area contributed by atoms with Gasteiger partial charge in [-0.1, -0.05) is 0 Å². The number of amides is 1. The Bertz CT molecular complexity index is 647. The third-order valence-electron chi connectivity index (χ3n) is 5.33. The number of rotatable bonds is 4. The first-order valence-corrected chi connectivity index (χ1v) is 8.10. The molecule has 1 aliphatic carbocycles. The summed E-state index contributed by atoms with van der Waals surface area (Å²) in [6.45, 7) is 5.21. The van der Waals surface area contributed by atoms with Crippen molar-refractivity contribution in [3.8, 4) is 0 Å². The lowest BCUT2D eigenvalue weighted by Gasteiger charge is -2.18. The van der Waals surface area contributed by atoms with Gasteiger partial charge < -0.3 is 10.6 Å². The summed E-state index contributed by atoms with van der Waals surface area (Å²) in [6, 6.07) is 0.219. The summed E-state index contributed by atoms with van der Waals surface area (Å²) < 4.78 is 1.56. The number of halogens is 1. The van der Waals surface area contributed by atoms with Gasteiger partial charge in [0.2, 0.25) is 5.91 Å². The van der Waals surface area contributed by atoms with Gasteiger partial charge in [0.1, 0.15) is 11.4 Å². The molecule has 1 aliphatic heterocycles. The lowest BCUT2D eigenvalue weighted by molar-refractivity contribution is -0.386. The van der Waals surface area contributed by atoms with Gasteiger partial charge >= 0.3 is 5.69 Å². The highest BCUT2D eigenvalue weighted by atomic mass is 35.5. The standard InChI is InChI=1S/C15H23N5O3.ClH/c1-9-15(20(22)23)10(2)19(17-9)6-5-14(21)18-7-11-3-4-13(16)12(11)8-18;/h11-13H,3-8,16H2,1-2H3;1H. The van der Waals surface area contributed by atoms with E-state index >= 15 is 0 Å². The molecular weight excluding hydrogens is 334 g/mol. The van der Waals surface area contributed by atoms with Crippen LogP contribution < -0.4 is 5.73 Å². The average Bonchev–Trinajstić information content (AvgIpc) is 3.12. The second-order valence-corrected chi connectivity index (χ2v) is 6.71. The van der Waals surface area contributed by atoms with Crippen molar-refractivity contribution < 1.29 is 9.72 Å². The molecule has 0 aromatic carbocycles. The van der Waals surface area contributed by atoms with Gasteiger partial charge in [0, 0.05) is 25.6 Å². The molecule has 3 rings (SSSR count). The fourth-order valence-electron chi connectivity index (χ4n) is 4.04. The van der Waals surface area contributed by atoms with Crippen LogP contribution in [0.25, 0.3) is 0 Å². The van der Waals surface area contributed by atoms with E-state index in [0.29, 0.717) is 36.2 Å². The van der Waals surface area contributed by atoms with Crippen molar-refractivity contribution in [1.82, 2.24) is 14.7 Å². The number of nitro groups is 1. The Kier molecular flexibility index (Phi) is 5.49. The molecule has 0 spiro atoms. The quantitative estimate of drug-likeness (QED) is 0.647. The van der Waals surface area contributed by atoms with Crippen molar-refractivity contribution in [2.45, 2.75) is 45.7 Å². The van der Waals surface area contributed by atoms with Crippen LogP contribution in [0.4, 0.5) is 5.69 Å². The number of hydrogen-bond donors (Lipinski definition) is 1. The summed E-state index contributed by atoms with van der Waals surface area (Å²) >= 11 is 0. The van der Waals surface area contributed by atoms with E-state index in [-0.39, 0.29) is 30.0 Å². The molecule has 2 N–H and O–H groups in total. The summed E-state index contributed by atoms with van der Waals surface area (Å²) in [5.41, 5.74) is 7.03. The molecular formula is C15H24ClN5O3. The molecule has 0 radical (unpaired) electrons. The zero-order valence-corrected chi connectivity index (χ0v) is 14.8. The van der Waals surface area contributed by atoms with Gasteiger partial charge in [0.15, 0.2) is 0 Å². The van der Waals surface area contributed by atoms with E-state index in [0.717, 1.165) is 25.9 Å². The van der Waals surface area contributed by atoms with Crippen LogP contribution in [0.2, 0.25) is 0 Å². The smallest absolute Gasteiger partial charge is 0.312 e. The second kappa shape index (κ2) is 7.06. The van der Waals surface area contributed by atoms with Gasteiger partial charge in [0.05, 0.1) is 11.5 Å². The van der Waals surface area contributed by atoms with Crippen molar-refractivity contribution in [3.63, 3.8) is 0 Å². The first-order valence-electron chi connectivity index (χ1n) is 8.10. The molecule has 1 saturated carbocycles. The average molecular weight is 358 g/mol. The Labute approximate surface area is 146 Å². The molecule has 3 unspecified atom stereocenters. The van der Waals surface area contributed by atoms with E-state index in [2.05, 4.69) is 5.10 Å². The van der Waals surface area contributed by atoms with Crippen LogP contribution in [0, 0.1) is 35.8 Å². The molecule has 0 bridgehead atoms. The minimum atomic E-state index is -0.418. The van der Waals surface area contributed by atoms with Crippen LogP contribution in [-0.2, 0) is 11.3 Å². The van der Waals surface area contributed by atoms with Crippen molar-refractivity contribution in [2.24, 2.45) is 17.6 Å². The van der Waals surface area contributed by atoms with Gasteiger partial charge in [0.25, 0.3) is 0 Å². The third-order valence-corrected chi connectivity index (χ3v) is 5.33. The maximum absolute atomic E-state index is 12.4. The highest BCUT2D eigenvalue weighted by Gasteiger charge is 2.42. The zero-order valence-electron chi connectivity index (χ0n) is 14.0. The number of carbonyl (C=O) groups excluding carboxylic acids is 1. The molecule has 3 atom stereocenters. The number of likely N-dealkylation sites (tertiary alicyclic amines) is 1.